The van der Waals surface area contributed by atoms with E-state index in [0.717, 1.165) is 18.5 Å². The molecule has 64 valence electrons. The molecule has 12 heavy (non-hydrogen) atoms. The number of ether oxygens (including phenoxy) is 1. The Bertz CT molecular complexity index is 263. The van der Waals surface area contributed by atoms with Crippen molar-refractivity contribution in [1.29, 1.82) is 0 Å². The van der Waals surface area contributed by atoms with E-state index in [9.17, 15) is 4.79 Å². The maximum atomic E-state index is 10.6. The van der Waals surface area contributed by atoms with Crippen molar-refractivity contribution < 1.29 is 9.53 Å². The highest BCUT2D eigenvalue weighted by Gasteiger charge is 2.30. The van der Waals surface area contributed by atoms with E-state index in [0.29, 0.717) is 12.5 Å². The van der Waals surface area contributed by atoms with Crippen LogP contribution in [0.5, 0.6) is 0 Å². The average Bonchev–Trinajstić information content (AvgIpc) is 2.49. The lowest BCUT2D eigenvalue weighted by atomic mass is 9.87. The molecule has 0 amide bonds. The second-order valence-electron chi connectivity index (χ2n) is 3.44. The van der Waals surface area contributed by atoms with Gasteiger partial charge in [0, 0.05) is 17.4 Å². The topological polar surface area (TPSA) is 26.3 Å². The van der Waals surface area contributed by atoms with Gasteiger partial charge < -0.3 is 4.74 Å². The number of carbonyl (C=O) groups is 1. The summed E-state index contributed by atoms with van der Waals surface area (Å²) in [5.74, 6) is 0.726. The first-order valence-electron chi connectivity index (χ1n) is 4.27. The smallest absolute Gasteiger partial charge is 0.146 e. The molecule has 0 saturated carbocycles. The highest BCUT2D eigenvalue weighted by atomic mass is 16.5. The Labute approximate surface area is 71.9 Å². The van der Waals surface area contributed by atoms with Crippen molar-refractivity contribution in [3.05, 3.63) is 23.3 Å². The van der Waals surface area contributed by atoms with Crippen molar-refractivity contribution in [2.75, 3.05) is 13.2 Å². The number of rotatable bonds is 1. The summed E-state index contributed by atoms with van der Waals surface area (Å²) in [6.07, 6.45) is 4.93. The van der Waals surface area contributed by atoms with E-state index in [-0.39, 0.29) is 5.92 Å². The van der Waals surface area contributed by atoms with Crippen molar-refractivity contribution in [1.82, 2.24) is 0 Å². The number of hydrogen-bond acceptors (Lipinski definition) is 2. The number of fused-ring (bicyclic) bond motifs is 1. The van der Waals surface area contributed by atoms with Crippen LogP contribution in [0.1, 0.15) is 6.92 Å². The van der Waals surface area contributed by atoms with Crippen LogP contribution in [0.15, 0.2) is 23.3 Å². The maximum absolute atomic E-state index is 10.6. The fourth-order valence-corrected chi connectivity index (χ4v) is 1.90. The summed E-state index contributed by atoms with van der Waals surface area (Å²) < 4.78 is 5.39. The number of hydrogen-bond donors (Lipinski definition) is 0. The first-order chi connectivity index (χ1) is 5.83. The van der Waals surface area contributed by atoms with Gasteiger partial charge in [0.15, 0.2) is 0 Å². The van der Waals surface area contributed by atoms with Gasteiger partial charge in [-0.25, -0.2) is 0 Å². The third-order valence-electron chi connectivity index (χ3n) is 2.63. The van der Waals surface area contributed by atoms with Gasteiger partial charge in [-0.15, -0.1) is 0 Å². The molecule has 0 N–H and O–H groups in total. The molecule has 0 aromatic rings. The first kappa shape index (κ1) is 7.74. The molecule has 2 rings (SSSR count). The minimum absolute atomic E-state index is 0.256. The average molecular weight is 164 g/mol. The lowest BCUT2D eigenvalue weighted by Gasteiger charge is -2.27. The monoisotopic (exact) mass is 164 g/mol. The Hall–Kier alpha value is -0.890. The molecule has 0 radical (unpaired) electrons. The molecule has 2 nitrogen and oxygen atoms in total. The Morgan fingerprint density at radius 3 is 3.08 bits per heavy atom. The lowest BCUT2D eigenvalue weighted by Crippen LogP contribution is -2.26. The van der Waals surface area contributed by atoms with Gasteiger partial charge in [0.05, 0.1) is 13.2 Å². The molecule has 1 heterocycles. The van der Waals surface area contributed by atoms with Crippen molar-refractivity contribution in [3.8, 4) is 0 Å². The lowest BCUT2D eigenvalue weighted by molar-refractivity contribution is -0.105. The zero-order valence-electron chi connectivity index (χ0n) is 7.12. The quantitative estimate of drug-likeness (QED) is 0.546. The van der Waals surface area contributed by atoms with Crippen LogP contribution in [0.4, 0.5) is 0 Å². The Kier molecular flexibility index (Phi) is 1.85. The number of allylic oxidation sites excluding steroid dienone is 2. The van der Waals surface area contributed by atoms with Crippen molar-refractivity contribution in [3.63, 3.8) is 0 Å². The molecule has 2 atom stereocenters. The maximum Gasteiger partial charge on any atom is 0.146 e. The summed E-state index contributed by atoms with van der Waals surface area (Å²) in [6, 6.07) is 0. The van der Waals surface area contributed by atoms with Gasteiger partial charge in [-0.3, -0.25) is 4.79 Å². The van der Waals surface area contributed by atoms with Crippen LogP contribution in [0.3, 0.4) is 0 Å². The summed E-state index contributed by atoms with van der Waals surface area (Å²) in [5, 5.41) is 0. The molecule has 0 bridgehead atoms. The van der Waals surface area contributed by atoms with Gasteiger partial charge >= 0.3 is 0 Å². The Morgan fingerprint density at radius 1 is 1.50 bits per heavy atom. The van der Waals surface area contributed by atoms with Gasteiger partial charge in [0.2, 0.25) is 0 Å². The van der Waals surface area contributed by atoms with Crippen LogP contribution in [0.2, 0.25) is 0 Å². The molecular weight excluding hydrogens is 152 g/mol. The largest absolute Gasteiger partial charge is 0.380 e. The van der Waals surface area contributed by atoms with Crippen LogP contribution >= 0.6 is 0 Å². The van der Waals surface area contributed by atoms with E-state index >= 15 is 0 Å². The van der Waals surface area contributed by atoms with Gasteiger partial charge in [0.1, 0.15) is 6.29 Å². The highest BCUT2D eigenvalue weighted by Crippen LogP contribution is 2.34. The number of carbonyl (C=O) groups excluding carboxylic acids is 1. The molecular formula is C10H12O2. The fraction of sp³-hybridized carbons (Fsp3) is 0.500. The van der Waals surface area contributed by atoms with E-state index < -0.39 is 0 Å². The normalized spacial score (nSPS) is 33.8. The molecule has 1 fully saturated rings. The molecule has 1 saturated heterocycles. The minimum atomic E-state index is 0.256. The van der Waals surface area contributed by atoms with E-state index in [1.165, 1.54) is 5.57 Å². The van der Waals surface area contributed by atoms with Crippen molar-refractivity contribution in [2.45, 2.75) is 6.92 Å². The van der Waals surface area contributed by atoms with Gasteiger partial charge in [-0.2, -0.15) is 0 Å². The van der Waals surface area contributed by atoms with E-state index in [2.05, 4.69) is 13.0 Å². The zero-order chi connectivity index (χ0) is 8.55. The zero-order valence-corrected chi connectivity index (χ0v) is 7.12. The van der Waals surface area contributed by atoms with Gasteiger partial charge in [-0.1, -0.05) is 24.6 Å². The second kappa shape index (κ2) is 2.87. The molecule has 2 heteroatoms. The molecule has 1 aliphatic carbocycles. The van der Waals surface area contributed by atoms with Crippen LogP contribution in [0, 0.1) is 11.8 Å². The third kappa shape index (κ3) is 1.03. The van der Waals surface area contributed by atoms with Gasteiger partial charge in [-0.05, 0) is 0 Å². The highest BCUT2D eigenvalue weighted by molar-refractivity contribution is 5.77. The first-order valence-corrected chi connectivity index (χ1v) is 4.27. The summed E-state index contributed by atoms with van der Waals surface area (Å²) in [7, 11) is 0. The Balaban J connectivity index is 2.22. The van der Waals surface area contributed by atoms with Crippen LogP contribution in [-0.2, 0) is 9.53 Å². The van der Waals surface area contributed by atoms with Crippen LogP contribution < -0.4 is 0 Å². The summed E-state index contributed by atoms with van der Waals surface area (Å²) >= 11 is 0. The van der Waals surface area contributed by atoms with Crippen molar-refractivity contribution in [2.24, 2.45) is 11.8 Å². The van der Waals surface area contributed by atoms with Crippen LogP contribution in [0.25, 0.3) is 0 Å². The van der Waals surface area contributed by atoms with Crippen LogP contribution in [-0.4, -0.2) is 19.5 Å². The van der Waals surface area contributed by atoms with E-state index in [4.69, 9.17) is 4.74 Å². The molecule has 2 aliphatic rings. The standard InChI is InChI=1S/C10H12O2/c1-7-5-12-6-10-8(4-11)2-3-9(7)10/h2-4,7,10H,5-6H2,1H3/t7-,10+/m0/s1. The second-order valence-corrected chi connectivity index (χ2v) is 3.44. The van der Waals surface area contributed by atoms with Gasteiger partial charge in [0.25, 0.3) is 0 Å². The summed E-state index contributed by atoms with van der Waals surface area (Å²) in [6.45, 7) is 3.61. The SMILES string of the molecule is C[C@H]1COC[C@@H]2C(C=O)=CC=C21. The molecule has 0 spiro atoms. The molecule has 0 aromatic heterocycles. The number of aldehydes is 1. The predicted octanol–water partition coefficient (Wildman–Crippen LogP) is 1.33. The molecule has 1 aliphatic heterocycles. The molecule has 0 aromatic carbocycles. The fourth-order valence-electron chi connectivity index (χ4n) is 1.90. The summed E-state index contributed by atoms with van der Waals surface area (Å²) in [4.78, 5) is 10.6. The minimum Gasteiger partial charge on any atom is -0.380 e. The van der Waals surface area contributed by atoms with E-state index in [1.54, 1.807) is 0 Å². The predicted molar refractivity (Wildman–Crippen MR) is 45.7 cm³/mol. The third-order valence-corrected chi connectivity index (χ3v) is 2.63. The van der Waals surface area contributed by atoms with Crippen molar-refractivity contribution >= 4 is 6.29 Å². The summed E-state index contributed by atoms with van der Waals surface area (Å²) in [5.41, 5.74) is 2.24. The molecule has 0 unspecified atom stereocenters. The Morgan fingerprint density at radius 2 is 2.33 bits per heavy atom. The van der Waals surface area contributed by atoms with E-state index in [1.807, 2.05) is 6.08 Å².